The van der Waals surface area contributed by atoms with Gasteiger partial charge in [0.25, 0.3) is 0 Å². The maximum Gasteiger partial charge on any atom is 0.237 e. The number of benzene rings is 1. The summed E-state index contributed by atoms with van der Waals surface area (Å²) in [6.45, 7) is 2.93. The predicted octanol–water partition coefficient (Wildman–Crippen LogP) is 1.37. The van der Waals surface area contributed by atoms with Gasteiger partial charge < -0.3 is 15.4 Å². The molecule has 0 aliphatic carbocycles. The van der Waals surface area contributed by atoms with Crippen molar-refractivity contribution in [2.45, 2.75) is 11.7 Å². The molecule has 0 spiro atoms. The van der Waals surface area contributed by atoms with Crippen molar-refractivity contribution in [2.75, 3.05) is 39.1 Å². The predicted molar refractivity (Wildman–Crippen MR) is 83.1 cm³/mol. The lowest BCUT2D eigenvalue weighted by Gasteiger charge is -2.24. The SMILES string of the molecule is COCCNCCNC(=O)C1SCCc2ccccc21. The van der Waals surface area contributed by atoms with Crippen LogP contribution in [0.4, 0.5) is 0 Å². The molecule has 1 aliphatic heterocycles. The van der Waals surface area contributed by atoms with E-state index in [0.29, 0.717) is 13.2 Å². The molecule has 20 heavy (non-hydrogen) atoms. The quantitative estimate of drug-likeness (QED) is 0.746. The maximum atomic E-state index is 12.3. The average Bonchev–Trinajstić information content (AvgIpc) is 2.50. The van der Waals surface area contributed by atoms with Crippen molar-refractivity contribution in [3.8, 4) is 0 Å². The van der Waals surface area contributed by atoms with E-state index in [0.717, 1.165) is 25.3 Å². The fourth-order valence-electron chi connectivity index (χ4n) is 2.28. The lowest BCUT2D eigenvalue weighted by atomic mass is 10.0. The summed E-state index contributed by atoms with van der Waals surface area (Å²) in [7, 11) is 1.68. The van der Waals surface area contributed by atoms with Gasteiger partial charge in [-0.3, -0.25) is 4.79 Å². The van der Waals surface area contributed by atoms with Gasteiger partial charge in [0.05, 0.1) is 6.61 Å². The molecule has 1 aromatic carbocycles. The zero-order chi connectivity index (χ0) is 14.2. The highest BCUT2D eigenvalue weighted by molar-refractivity contribution is 8.00. The molecule has 0 saturated carbocycles. The number of amides is 1. The molecule has 1 amide bonds. The van der Waals surface area contributed by atoms with Gasteiger partial charge in [0.15, 0.2) is 0 Å². The van der Waals surface area contributed by atoms with Gasteiger partial charge in [-0.05, 0) is 23.3 Å². The van der Waals surface area contributed by atoms with E-state index in [-0.39, 0.29) is 11.2 Å². The minimum absolute atomic E-state index is 0.0566. The van der Waals surface area contributed by atoms with Crippen LogP contribution < -0.4 is 10.6 Å². The third kappa shape index (κ3) is 4.23. The van der Waals surface area contributed by atoms with Crippen LogP contribution in [0.2, 0.25) is 0 Å². The molecule has 110 valence electrons. The van der Waals surface area contributed by atoms with Crippen molar-refractivity contribution >= 4 is 17.7 Å². The number of ether oxygens (including phenoxy) is 1. The zero-order valence-corrected chi connectivity index (χ0v) is 12.7. The number of carbonyl (C=O) groups excluding carboxylic acids is 1. The third-order valence-corrected chi connectivity index (χ3v) is 4.56. The summed E-state index contributed by atoms with van der Waals surface area (Å²) in [6.07, 6.45) is 1.06. The highest BCUT2D eigenvalue weighted by Gasteiger charge is 2.26. The monoisotopic (exact) mass is 294 g/mol. The smallest absolute Gasteiger partial charge is 0.237 e. The molecule has 0 fully saturated rings. The van der Waals surface area contributed by atoms with Crippen LogP contribution in [0.3, 0.4) is 0 Å². The van der Waals surface area contributed by atoms with Crippen LogP contribution in [0.15, 0.2) is 24.3 Å². The second kappa shape index (κ2) is 8.29. The van der Waals surface area contributed by atoms with Gasteiger partial charge in [-0.15, -0.1) is 11.8 Å². The molecule has 1 unspecified atom stereocenters. The van der Waals surface area contributed by atoms with Gasteiger partial charge in [-0.2, -0.15) is 0 Å². The van der Waals surface area contributed by atoms with E-state index in [1.54, 1.807) is 18.9 Å². The summed E-state index contributed by atoms with van der Waals surface area (Å²) in [5.41, 5.74) is 2.48. The first-order chi connectivity index (χ1) is 9.83. The van der Waals surface area contributed by atoms with Crippen LogP contribution in [0.1, 0.15) is 16.4 Å². The summed E-state index contributed by atoms with van der Waals surface area (Å²) >= 11 is 1.73. The van der Waals surface area contributed by atoms with Gasteiger partial charge in [0.2, 0.25) is 5.91 Å². The Morgan fingerprint density at radius 3 is 3.05 bits per heavy atom. The first-order valence-corrected chi connectivity index (χ1v) is 8.04. The van der Waals surface area contributed by atoms with Crippen molar-refractivity contribution in [3.05, 3.63) is 35.4 Å². The summed E-state index contributed by atoms with van der Waals surface area (Å²) in [6, 6.07) is 8.25. The third-order valence-electron chi connectivity index (χ3n) is 3.32. The number of rotatable bonds is 7. The largest absolute Gasteiger partial charge is 0.383 e. The summed E-state index contributed by atoms with van der Waals surface area (Å²) in [4.78, 5) is 12.3. The number of carbonyl (C=O) groups is 1. The van der Waals surface area contributed by atoms with Crippen molar-refractivity contribution in [1.82, 2.24) is 10.6 Å². The Morgan fingerprint density at radius 1 is 1.35 bits per heavy atom. The second-order valence-electron chi connectivity index (χ2n) is 4.73. The van der Waals surface area contributed by atoms with Gasteiger partial charge in [-0.25, -0.2) is 0 Å². The zero-order valence-electron chi connectivity index (χ0n) is 11.9. The van der Waals surface area contributed by atoms with E-state index < -0.39 is 0 Å². The van der Waals surface area contributed by atoms with Crippen LogP contribution >= 0.6 is 11.8 Å². The van der Waals surface area contributed by atoms with Gasteiger partial charge in [0.1, 0.15) is 5.25 Å². The van der Waals surface area contributed by atoms with E-state index >= 15 is 0 Å². The van der Waals surface area contributed by atoms with E-state index in [4.69, 9.17) is 4.74 Å². The Hall–Kier alpha value is -1.04. The Labute approximate surface area is 124 Å². The van der Waals surface area contributed by atoms with Crippen LogP contribution in [0, 0.1) is 0 Å². The number of fused-ring (bicyclic) bond motifs is 1. The van der Waals surface area contributed by atoms with Crippen molar-refractivity contribution < 1.29 is 9.53 Å². The maximum absolute atomic E-state index is 12.3. The molecule has 5 heteroatoms. The standard InChI is InChI=1S/C15H22N2O2S/c1-19-10-9-16-7-8-17-15(18)14-13-5-3-2-4-12(13)6-11-20-14/h2-5,14,16H,6-11H2,1H3,(H,17,18). The molecule has 0 bridgehead atoms. The molecule has 1 aliphatic rings. The Balaban J connectivity index is 1.79. The summed E-state index contributed by atoms with van der Waals surface area (Å²) < 4.78 is 4.95. The van der Waals surface area contributed by atoms with E-state index in [2.05, 4.69) is 22.8 Å². The van der Waals surface area contributed by atoms with Crippen molar-refractivity contribution in [3.63, 3.8) is 0 Å². The topological polar surface area (TPSA) is 50.4 Å². The number of aryl methyl sites for hydroxylation is 1. The lowest BCUT2D eigenvalue weighted by molar-refractivity contribution is -0.120. The molecule has 1 heterocycles. The molecule has 4 nitrogen and oxygen atoms in total. The Bertz CT molecular complexity index is 440. The minimum Gasteiger partial charge on any atom is -0.383 e. The molecule has 1 atom stereocenters. The highest BCUT2D eigenvalue weighted by Crippen LogP contribution is 2.36. The minimum atomic E-state index is -0.0566. The van der Waals surface area contributed by atoms with Crippen LogP contribution in [0.25, 0.3) is 0 Å². The van der Waals surface area contributed by atoms with Crippen LogP contribution in [0.5, 0.6) is 0 Å². The molecule has 1 aromatic rings. The van der Waals surface area contributed by atoms with Crippen LogP contribution in [-0.4, -0.2) is 45.0 Å². The van der Waals surface area contributed by atoms with Crippen molar-refractivity contribution in [2.24, 2.45) is 0 Å². The Morgan fingerprint density at radius 2 is 2.20 bits per heavy atom. The molecule has 0 saturated heterocycles. The molecule has 2 rings (SSSR count). The van der Waals surface area contributed by atoms with E-state index in [1.165, 1.54) is 11.1 Å². The van der Waals surface area contributed by atoms with E-state index in [1.807, 2.05) is 12.1 Å². The fourth-order valence-corrected chi connectivity index (χ4v) is 3.49. The second-order valence-corrected chi connectivity index (χ2v) is 5.95. The highest BCUT2D eigenvalue weighted by atomic mass is 32.2. The molecular formula is C15H22N2O2S. The number of hydrogen-bond donors (Lipinski definition) is 2. The first kappa shape index (κ1) is 15.4. The number of thioether (sulfide) groups is 1. The van der Waals surface area contributed by atoms with Gasteiger partial charge in [-0.1, -0.05) is 24.3 Å². The fraction of sp³-hybridized carbons (Fsp3) is 0.533. The number of nitrogens with one attached hydrogen (secondary N) is 2. The normalized spacial score (nSPS) is 17.6. The lowest BCUT2D eigenvalue weighted by Crippen LogP contribution is -2.36. The van der Waals surface area contributed by atoms with Crippen LogP contribution in [-0.2, 0) is 16.0 Å². The Kier molecular flexibility index (Phi) is 6.36. The van der Waals surface area contributed by atoms with Gasteiger partial charge >= 0.3 is 0 Å². The van der Waals surface area contributed by atoms with E-state index in [9.17, 15) is 4.79 Å². The molecule has 2 N–H and O–H groups in total. The van der Waals surface area contributed by atoms with Crippen molar-refractivity contribution in [1.29, 1.82) is 0 Å². The molecule has 0 aromatic heterocycles. The first-order valence-electron chi connectivity index (χ1n) is 6.99. The summed E-state index contributed by atoms with van der Waals surface area (Å²) in [5.74, 6) is 1.14. The number of hydrogen-bond acceptors (Lipinski definition) is 4. The average molecular weight is 294 g/mol. The van der Waals surface area contributed by atoms with Gasteiger partial charge in [0, 0.05) is 26.7 Å². The summed E-state index contributed by atoms with van der Waals surface area (Å²) in [5, 5.41) is 6.17. The molecule has 0 radical (unpaired) electrons. The number of methoxy groups -OCH3 is 1. The molecular weight excluding hydrogens is 272 g/mol.